The number of aryl methyl sites for hydroxylation is 1. The number of rotatable bonds is 2. The molecule has 1 amide bonds. The van der Waals surface area contributed by atoms with Crippen LogP contribution in [0.1, 0.15) is 5.56 Å². The molecule has 3 rings (SSSR count). The fourth-order valence-electron chi connectivity index (χ4n) is 1.94. The summed E-state index contributed by atoms with van der Waals surface area (Å²) in [6, 6.07) is 11.8. The van der Waals surface area contributed by atoms with E-state index in [0.29, 0.717) is 17.1 Å². The number of nitrogens with one attached hydrogen (secondary N) is 1. The molecule has 102 valence electrons. The van der Waals surface area contributed by atoms with Crippen molar-refractivity contribution in [3.05, 3.63) is 42.0 Å². The first-order valence-corrected chi connectivity index (χ1v) is 7.04. The van der Waals surface area contributed by atoms with Gasteiger partial charge in [0.25, 0.3) is 5.91 Å². The molecule has 0 aliphatic carbocycles. The molecule has 0 fully saturated rings. The second kappa shape index (κ2) is 5.09. The first kappa shape index (κ1) is 12.9. The van der Waals surface area contributed by atoms with E-state index in [9.17, 15) is 4.79 Å². The van der Waals surface area contributed by atoms with E-state index in [-0.39, 0.29) is 12.5 Å². The number of hydrogen-bond donors (Lipinski definition) is 2. The Kier molecular flexibility index (Phi) is 3.28. The van der Waals surface area contributed by atoms with Crippen LogP contribution in [0.25, 0.3) is 0 Å². The van der Waals surface area contributed by atoms with E-state index in [1.807, 2.05) is 18.2 Å². The Morgan fingerprint density at radius 1 is 1.25 bits per heavy atom. The minimum atomic E-state index is -0.145. The van der Waals surface area contributed by atoms with E-state index in [2.05, 4.69) is 24.4 Å². The molecule has 2 aromatic rings. The zero-order valence-electron chi connectivity index (χ0n) is 11.0. The number of anilines is 2. The summed E-state index contributed by atoms with van der Waals surface area (Å²) in [6.45, 7) is 2.09. The summed E-state index contributed by atoms with van der Waals surface area (Å²) in [6.07, 6.45) is 0. The number of benzene rings is 2. The summed E-state index contributed by atoms with van der Waals surface area (Å²) in [7, 11) is 0. The fourth-order valence-corrected chi connectivity index (χ4v) is 2.82. The second-order valence-corrected chi connectivity index (χ2v) is 5.75. The van der Waals surface area contributed by atoms with Gasteiger partial charge in [-0.05, 0) is 25.1 Å². The highest BCUT2D eigenvalue weighted by Gasteiger charge is 2.18. The van der Waals surface area contributed by atoms with Gasteiger partial charge in [-0.2, -0.15) is 0 Å². The summed E-state index contributed by atoms with van der Waals surface area (Å²) in [4.78, 5) is 13.3. The quantitative estimate of drug-likeness (QED) is 0.833. The Morgan fingerprint density at radius 3 is 2.75 bits per heavy atom. The number of hydrogen-bond acceptors (Lipinski definition) is 4. The Hall–Kier alpha value is -2.14. The standard InChI is InChI=1S/C15H14N2O2S/c1-9-2-4-10(5-3-9)20-14-7-12-13(6-11(14)16)19-8-15(18)17-12/h2-7H,8,16H2,1H3,(H,17,18). The van der Waals surface area contributed by atoms with Crippen LogP contribution in [0.15, 0.2) is 46.2 Å². The van der Waals surface area contributed by atoms with Crippen LogP contribution in [0.2, 0.25) is 0 Å². The van der Waals surface area contributed by atoms with Crippen LogP contribution in [-0.2, 0) is 4.79 Å². The predicted octanol–water partition coefficient (Wildman–Crippen LogP) is 3.06. The van der Waals surface area contributed by atoms with Gasteiger partial charge in [0, 0.05) is 21.5 Å². The van der Waals surface area contributed by atoms with Crippen LogP contribution in [0.3, 0.4) is 0 Å². The lowest BCUT2D eigenvalue weighted by atomic mass is 10.2. The predicted molar refractivity (Wildman–Crippen MR) is 80.3 cm³/mol. The van der Waals surface area contributed by atoms with Crippen LogP contribution >= 0.6 is 11.8 Å². The number of nitrogens with two attached hydrogens (primary N) is 1. The van der Waals surface area contributed by atoms with E-state index in [1.165, 1.54) is 5.56 Å². The van der Waals surface area contributed by atoms with Gasteiger partial charge < -0.3 is 15.8 Å². The molecule has 1 aliphatic heterocycles. The van der Waals surface area contributed by atoms with Gasteiger partial charge >= 0.3 is 0 Å². The molecular weight excluding hydrogens is 272 g/mol. The van der Waals surface area contributed by atoms with Crippen molar-refractivity contribution in [1.29, 1.82) is 0 Å². The smallest absolute Gasteiger partial charge is 0.262 e. The SMILES string of the molecule is Cc1ccc(Sc2cc3c(cc2N)OCC(=O)N3)cc1. The number of nitrogen functional groups attached to an aromatic ring is 1. The van der Waals surface area contributed by atoms with Gasteiger partial charge in [0.1, 0.15) is 5.75 Å². The highest BCUT2D eigenvalue weighted by molar-refractivity contribution is 7.99. The van der Waals surface area contributed by atoms with Gasteiger partial charge in [-0.15, -0.1) is 0 Å². The van der Waals surface area contributed by atoms with Crippen molar-refractivity contribution in [2.45, 2.75) is 16.7 Å². The molecule has 0 bridgehead atoms. The van der Waals surface area contributed by atoms with Crippen molar-refractivity contribution in [3.8, 4) is 5.75 Å². The van der Waals surface area contributed by atoms with Crippen molar-refractivity contribution in [2.24, 2.45) is 0 Å². The number of amides is 1. The van der Waals surface area contributed by atoms with Gasteiger partial charge in [-0.1, -0.05) is 29.5 Å². The van der Waals surface area contributed by atoms with E-state index in [1.54, 1.807) is 17.8 Å². The Balaban J connectivity index is 1.91. The van der Waals surface area contributed by atoms with Gasteiger partial charge in [-0.25, -0.2) is 0 Å². The Morgan fingerprint density at radius 2 is 2.00 bits per heavy atom. The largest absolute Gasteiger partial charge is 0.482 e. The molecule has 0 saturated heterocycles. The molecule has 4 nitrogen and oxygen atoms in total. The minimum absolute atomic E-state index is 0.0386. The summed E-state index contributed by atoms with van der Waals surface area (Å²) in [5.74, 6) is 0.476. The van der Waals surface area contributed by atoms with Gasteiger partial charge in [-0.3, -0.25) is 4.79 Å². The normalized spacial score (nSPS) is 13.3. The fraction of sp³-hybridized carbons (Fsp3) is 0.133. The van der Waals surface area contributed by atoms with Crippen molar-refractivity contribution < 1.29 is 9.53 Å². The molecule has 0 atom stereocenters. The summed E-state index contributed by atoms with van der Waals surface area (Å²) in [5.41, 5.74) is 8.57. The topological polar surface area (TPSA) is 64.3 Å². The minimum Gasteiger partial charge on any atom is -0.482 e. The maximum Gasteiger partial charge on any atom is 0.262 e. The summed E-state index contributed by atoms with van der Waals surface area (Å²) >= 11 is 1.57. The zero-order valence-corrected chi connectivity index (χ0v) is 11.8. The first-order valence-electron chi connectivity index (χ1n) is 6.22. The molecule has 2 aromatic carbocycles. The van der Waals surface area contributed by atoms with E-state index >= 15 is 0 Å². The van der Waals surface area contributed by atoms with E-state index in [0.717, 1.165) is 9.79 Å². The molecule has 1 heterocycles. The summed E-state index contributed by atoms with van der Waals surface area (Å²) < 4.78 is 5.34. The Bertz CT molecular complexity index is 668. The average Bonchev–Trinajstić information content (AvgIpc) is 2.42. The van der Waals surface area contributed by atoms with Crippen LogP contribution < -0.4 is 15.8 Å². The molecular formula is C15H14N2O2S. The van der Waals surface area contributed by atoms with Crippen molar-refractivity contribution >= 4 is 29.0 Å². The first-order chi connectivity index (χ1) is 9.61. The molecule has 1 aliphatic rings. The van der Waals surface area contributed by atoms with Crippen molar-refractivity contribution in [1.82, 2.24) is 0 Å². The van der Waals surface area contributed by atoms with Gasteiger partial charge in [0.15, 0.2) is 6.61 Å². The van der Waals surface area contributed by atoms with Crippen LogP contribution in [0.4, 0.5) is 11.4 Å². The highest BCUT2D eigenvalue weighted by Crippen LogP contribution is 2.39. The third kappa shape index (κ3) is 2.58. The van der Waals surface area contributed by atoms with Gasteiger partial charge in [0.05, 0.1) is 5.69 Å². The van der Waals surface area contributed by atoms with Crippen molar-refractivity contribution in [2.75, 3.05) is 17.7 Å². The maximum atomic E-state index is 11.3. The van der Waals surface area contributed by atoms with E-state index in [4.69, 9.17) is 10.5 Å². The number of ether oxygens (including phenoxy) is 1. The molecule has 0 aromatic heterocycles. The van der Waals surface area contributed by atoms with Crippen molar-refractivity contribution in [3.63, 3.8) is 0 Å². The van der Waals surface area contributed by atoms with Gasteiger partial charge in [0.2, 0.25) is 0 Å². The Labute approximate surface area is 121 Å². The maximum absolute atomic E-state index is 11.3. The monoisotopic (exact) mass is 286 g/mol. The molecule has 0 radical (unpaired) electrons. The third-order valence-corrected chi connectivity index (χ3v) is 4.07. The van der Waals surface area contributed by atoms with Crippen LogP contribution in [0, 0.1) is 6.92 Å². The summed E-state index contributed by atoms with van der Waals surface area (Å²) in [5, 5.41) is 2.79. The highest BCUT2D eigenvalue weighted by atomic mass is 32.2. The number of fused-ring (bicyclic) bond motifs is 1. The second-order valence-electron chi connectivity index (χ2n) is 4.64. The van der Waals surface area contributed by atoms with E-state index < -0.39 is 0 Å². The average molecular weight is 286 g/mol. The van der Waals surface area contributed by atoms with Crippen LogP contribution in [-0.4, -0.2) is 12.5 Å². The zero-order chi connectivity index (χ0) is 14.1. The lowest BCUT2D eigenvalue weighted by Gasteiger charge is -2.19. The molecule has 0 spiro atoms. The molecule has 20 heavy (non-hydrogen) atoms. The number of carbonyl (C=O) groups excluding carboxylic acids is 1. The molecule has 0 unspecified atom stereocenters. The molecule has 3 N–H and O–H groups in total. The molecule has 0 saturated carbocycles. The molecule has 5 heteroatoms. The lowest BCUT2D eigenvalue weighted by molar-refractivity contribution is -0.118. The lowest BCUT2D eigenvalue weighted by Crippen LogP contribution is -2.25. The third-order valence-electron chi connectivity index (χ3n) is 2.99. The van der Waals surface area contributed by atoms with Crippen LogP contribution in [0.5, 0.6) is 5.75 Å². The number of carbonyl (C=O) groups is 1.